The molecule has 0 aliphatic carbocycles. The summed E-state index contributed by atoms with van der Waals surface area (Å²) in [7, 11) is 0. The van der Waals surface area contributed by atoms with Crippen LogP contribution >= 0.6 is 0 Å². The quantitative estimate of drug-likeness (QED) is 0.629. The van der Waals surface area contributed by atoms with Crippen LogP contribution in [0.2, 0.25) is 0 Å². The summed E-state index contributed by atoms with van der Waals surface area (Å²) in [6, 6.07) is 9.51. The molecule has 0 bridgehead atoms. The van der Waals surface area contributed by atoms with Crippen molar-refractivity contribution in [1.29, 1.82) is 0 Å². The Hall–Kier alpha value is -2.36. The number of nitrogens with zero attached hydrogens (tertiary/aromatic N) is 1. The van der Waals surface area contributed by atoms with Gasteiger partial charge in [-0.25, -0.2) is 4.79 Å². The van der Waals surface area contributed by atoms with Gasteiger partial charge in [-0.3, -0.25) is 5.10 Å². The van der Waals surface area contributed by atoms with Gasteiger partial charge in [0.05, 0.1) is 6.20 Å². The van der Waals surface area contributed by atoms with E-state index in [0.717, 1.165) is 11.6 Å². The van der Waals surface area contributed by atoms with Crippen LogP contribution in [0.3, 0.4) is 0 Å². The van der Waals surface area contributed by atoms with Gasteiger partial charge >= 0.3 is 5.97 Å². The largest absolute Gasteiger partial charge is 0.419 e. The van der Waals surface area contributed by atoms with Gasteiger partial charge in [0, 0.05) is 11.6 Å². The molecule has 0 saturated carbocycles. The van der Waals surface area contributed by atoms with Crippen LogP contribution in [0.4, 0.5) is 0 Å². The molecule has 1 aromatic carbocycles. The SMILES string of the molecule is C=CC(=O)Oc1cn[nH]c1-c1ccccc1. The van der Waals surface area contributed by atoms with Crippen LogP contribution < -0.4 is 4.74 Å². The van der Waals surface area contributed by atoms with Gasteiger partial charge in [-0.1, -0.05) is 36.9 Å². The van der Waals surface area contributed by atoms with Crippen molar-refractivity contribution in [3.8, 4) is 17.0 Å². The van der Waals surface area contributed by atoms with Crippen LogP contribution in [0.1, 0.15) is 0 Å². The second kappa shape index (κ2) is 4.44. The molecular weight excluding hydrogens is 204 g/mol. The Labute approximate surface area is 92.6 Å². The van der Waals surface area contributed by atoms with Crippen molar-refractivity contribution in [3.63, 3.8) is 0 Å². The molecule has 0 saturated heterocycles. The zero-order valence-electron chi connectivity index (χ0n) is 8.51. The molecule has 0 aliphatic rings. The predicted octanol–water partition coefficient (Wildman–Crippen LogP) is 2.17. The van der Waals surface area contributed by atoms with Crippen LogP contribution in [0.5, 0.6) is 5.75 Å². The number of hydrogen-bond donors (Lipinski definition) is 1. The fourth-order valence-corrected chi connectivity index (χ4v) is 1.31. The number of carbonyl (C=O) groups excluding carboxylic acids is 1. The molecule has 0 fully saturated rings. The summed E-state index contributed by atoms with van der Waals surface area (Å²) < 4.78 is 5.04. The molecule has 0 radical (unpaired) electrons. The van der Waals surface area contributed by atoms with Crippen molar-refractivity contribution in [2.45, 2.75) is 0 Å². The molecule has 0 aliphatic heterocycles. The smallest absolute Gasteiger partial charge is 0.335 e. The topological polar surface area (TPSA) is 55.0 Å². The van der Waals surface area contributed by atoms with E-state index in [1.165, 1.54) is 6.20 Å². The Bertz CT molecular complexity index is 503. The standard InChI is InChI=1S/C12H10N2O2/c1-2-11(15)16-10-8-13-14-12(10)9-6-4-3-5-7-9/h2-8H,1H2,(H,13,14). The van der Waals surface area contributed by atoms with E-state index in [4.69, 9.17) is 4.74 Å². The normalized spacial score (nSPS) is 9.75. The maximum absolute atomic E-state index is 11.1. The summed E-state index contributed by atoms with van der Waals surface area (Å²) in [5.41, 5.74) is 1.59. The first-order chi connectivity index (χ1) is 7.81. The molecule has 4 nitrogen and oxygen atoms in total. The highest BCUT2D eigenvalue weighted by molar-refractivity contribution is 5.84. The summed E-state index contributed by atoms with van der Waals surface area (Å²) in [6.45, 7) is 3.34. The minimum absolute atomic E-state index is 0.399. The van der Waals surface area contributed by atoms with E-state index in [2.05, 4.69) is 16.8 Å². The van der Waals surface area contributed by atoms with E-state index in [1.54, 1.807) is 0 Å². The van der Waals surface area contributed by atoms with Gasteiger partial charge < -0.3 is 4.74 Å². The minimum Gasteiger partial charge on any atom is -0.419 e. The lowest BCUT2D eigenvalue weighted by molar-refractivity contribution is -0.128. The summed E-state index contributed by atoms with van der Waals surface area (Å²) >= 11 is 0. The van der Waals surface area contributed by atoms with E-state index in [-0.39, 0.29) is 0 Å². The van der Waals surface area contributed by atoms with Crippen LogP contribution in [-0.2, 0) is 4.79 Å². The van der Waals surface area contributed by atoms with Crippen LogP contribution in [0.25, 0.3) is 11.3 Å². The maximum Gasteiger partial charge on any atom is 0.335 e. The average Bonchev–Trinajstić information content (AvgIpc) is 2.78. The van der Waals surface area contributed by atoms with Crippen molar-refractivity contribution < 1.29 is 9.53 Å². The second-order valence-corrected chi connectivity index (χ2v) is 3.10. The molecule has 0 unspecified atom stereocenters. The first-order valence-electron chi connectivity index (χ1n) is 4.74. The molecule has 0 amide bonds. The lowest BCUT2D eigenvalue weighted by atomic mass is 10.1. The van der Waals surface area contributed by atoms with Crippen LogP contribution in [0.15, 0.2) is 49.2 Å². The Kier molecular flexibility index (Phi) is 2.82. The number of aromatic amines is 1. The highest BCUT2D eigenvalue weighted by atomic mass is 16.5. The van der Waals surface area contributed by atoms with Gasteiger partial charge in [0.25, 0.3) is 0 Å². The maximum atomic E-state index is 11.1. The number of H-pyrrole nitrogens is 1. The highest BCUT2D eigenvalue weighted by Crippen LogP contribution is 2.26. The predicted molar refractivity (Wildman–Crippen MR) is 59.9 cm³/mol. The van der Waals surface area contributed by atoms with E-state index >= 15 is 0 Å². The number of ether oxygens (including phenoxy) is 1. The Morgan fingerprint density at radius 3 is 2.81 bits per heavy atom. The number of carbonyl (C=O) groups is 1. The third-order valence-electron chi connectivity index (χ3n) is 2.04. The van der Waals surface area contributed by atoms with E-state index in [9.17, 15) is 4.79 Å². The summed E-state index contributed by atoms with van der Waals surface area (Å²) in [5.74, 6) is -0.102. The van der Waals surface area contributed by atoms with Gasteiger partial charge in [-0.05, 0) is 0 Å². The fraction of sp³-hybridized carbons (Fsp3) is 0. The Morgan fingerprint density at radius 1 is 1.38 bits per heavy atom. The van der Waals surface area contributed by atoms with Gasteiger partial charge in [-0.2, -0.15) is 5.10 Å². The zero-order chi connectivity index (χ0) is 11.4. The van der Waals surface area contributed by atoms with Crippen molar-refractivity contribution in [2.75, 3.05) is 0 Å². The van der Waals surface area contributed by atoms with Gasteiger partial charge in [-0.15, -0.1) is 0 Å². The molecule has 1 N–H and O–H groups in total. The number of aromatic nitrogens is 2. The summed E-state index contributed by atoms with van der Waals surface area (Å²) in [4.78, 5) is 11.1. The molecule has 1 aromatic heterocycles. The van der Waals surface area contributed by atoms with E-state index < -0.39 is 5.97 Å². The van der Waals surface area contributed by atoms with Gasteiger partial charge in [0.15, 0.2) is 5.75 Å². The van der Waals surface area contributed by atoms with Gasteiger partial charge in [0.2, 0.25) is 0 Å². The lowest BCUT2D eigenvalue weighted by Crippen LogP contribution is -2.03. The van der Waals surface area contributed by atoms with Crippen molar-refractivity contribution in [2.24, 2.45) is 0 Å². The molecule has 0 atom stereocenters. The first-order valence-corrected chi connectivity index (χ1v) is 4.74. The number of rotatable bonds is 3. The van der Waals surface area contributed by atoms with Gasteiger partial charge in [0.1, 0.15) is 5.69 Å². The summed E-state index contributed by atoms with van der Waals surface area (Å²) in [6.07, 6.45) is 2.57. The number of esters is 1. The molecular formula is C12H10N2O2. The zero-order valence-corrected chi connectivity index (χ0v) is 8.51. The van der Waals surface area contributed by atoms with Crippen molar-refractivity contribution in [3.05, 3.63) is 49.2 Å². The molecule has 1 heterocycles. The average molecular weight is 214 g/mol. The molecule has 16 heavy (non-hydrogen) atoms. The molecule has 2 rings (SSSR count). The molecule has 2 aromatic rings. The van der Waals surface area contributed by atoms with Crippen LogP contribution in [0, 0.1) is 0 Å². The number of benzene rings is 1. The minimum atomic E-state index is -0.501. The Balaban J connectivity index is 2.33. The van der Waals surface area contributed by atoms with E-state index in [0.29, 0.717) is 11.4 Å². The van der Waals surface area contributed by atoms with E-state index in [1.807, 2.05) is 30.3 Å². The first kappa shape index (κ1) is 10.2. The highest BCUT2D eigenvalue weighted by Gasteiger charge is 2.10. The third-order valence-corrected chi connectivity index (χ3v) is 2.04. The fourth-order valence-electron chi connectivity index (χ4n) is 1.31. The lowest BCUT2D eigenvalue weighted by Gasteiger charge is -2.02. The van der Waals surface area contributed by atoms with Crippen molar-refractivity contribution >= 4 is 5.97 Å². The van der Waals surface area contributed by atoms with Crippen LogP contribution in [-0.4, -0.2) is 16.2 Å². The number of hydrogen-bond acceptors (Lipinski definition) is 3. The second-order valence-electron chi connectivity index (χ2n) is 3.10. The molecule has 0 spiro atoms. The number of nitrogens with one attached hydrogen (secondary N) is 1. The Morgan fingerprint density at radius 2 is 2.12 bits per heavy atom. The molecule has 4 heteroatoms. The third kappa shape index (κ3) is 2.00. The molecule has 80 valence electrons. The van der Waals surface area contributed by atoms with Crippen molar-refractivity contribution in [1.82, 2.24) is 10.2 Å². The summed E-state index contributed by atoms with van der Waals surface area (Å²) in [5, 5.41) is 6.64. The monoisotopic (exact) mass is 214 g/mol.